The number of nitrogens with zero attached hydrogens (tertiary/aromatic N) is 2. The van der Waals surface area contributed by atoms with Crippen LogP contribution in [0, 0.1) is 0 Å². The summed E-state index contributed by atoms with van der Waals surface area (Å²) in [5, 5.41) is 0. The molecule has 5 heteroatoms. The van der Waals surface area contributed by atoms with Crippen LogP contribution in [0.3, 0.4) is 0 Å². The zero-order valence-electron chi connectivity index (χ0n) is 12.8. The number of aromatic nitrogens is 1. The molecule has 1 aliphatic rings. The van der Waals surface area contributed by atoms with Gasteiger partial charge in [0.2, 0.25) is 0 Å². The van der Waals surface area contributed by atoms with Crippen LogP contribution in [0.5, 0.6) is 0 Å². The Morgan fingerprint density at radius 3 is 2.65 bits per heavy atom. The monoisotopic (exact) mass is 310 g/mol. The highest BCUT2D eigenvalue weighted by molar-refractivity contribution is 5.97. The van der Waals surface area contributed by atoms with E-state index in [-0.39, 0.29) is 5.91 Å². The molecule has 3 aromatic rings. The van der Waals surface area contributed by atoms with E-state index in [2.05, 4.69) is 12.1 Å². The van der Waals surface area contributed by atoms with E-state index in [4.69, 9.17) is 9.15 Å². The minimum Gasteiger partial charge on any atom is -0.463 e. The summed E-state index contributed by atoms with van der Waals surface area (Å²) >= 11 is 0. The molecular weight excluding hydrogens is 292 g/mol. The van der Waals surface area contributed by atoms with Crippen LogP contribution in [-0.4, -0.2) is 41.7 Å². The molecule has 0 N–H and O–H groups in total. The van der Waals surface area contributed by atoms with Crippen molar-refractivity contribution >= 4 is 17.0 Å². The summed E-state index contributed by atoms with van der Waals surface area (Å²) in [5.74, 6) is 0.0376. The van der Waals surface area contributed by atoms with Gasteiger partial charge in [0.1, 0.15) is 5.69 Å². The van der Waals surface area contributed by atoms with Gasteiger partial charge in [-0.05, 0) is 5.56 Å². The Balaban J connectivity index is 1.72. The van der Waals surface area contributed by atoms with Crippen molar-refractivity contribution in [1.29, 1.82) is 0 Å². The van der Waals surface area contributed by atoms with Crippen LogP contribution in [0.2, 0.25) is 0 Å². The van der Waals surface area contributed by atoms with Crippen LogP contribution in [0.4, 0.5) is 0 Å². The normalized spacial score (nSPS) is 15.2. The van der Waals surface area contributed by atoms with Crippen LogP contribution in [0.25, 0.3) is 11.1 Å². The molecule has 0 radical (unpaired) electrons. The van der Waals surface area contributed by atoms with E-state index in [0.29, 0.717) is 38.5 Å². The molecule has 0 atom stereocenters. The van der Waals surface area contributed by atoms with E-state index in [1.165, 1.54) is 0 Å². The molecule has 4 rings (SSSR count). The number of furan rings is 1. The Hall–Kier alpha value is -2.53. The van der Waals surface area contributed by atoms with Crippen LogP contribution in [-0.2, 0) is 11.3 Å². The molecule has 0 unspecified atom stereocenters. The molecule has 1 saturated heterocycles. The van der Waals surface area contributed by atoms with Gasteiger partial charge >= 0.3 is 0 Å². The topological polar surface area (TPSA) is 47.6 Å². The fourth-order valence-corrected chi connectivity index (χ4v) is 3.02. The van der Waals surface area contributed by atoms with Gasteiger partial charge in [0.15, 0.2) is 5.58 Å². The maximum atomic E-state index is 12.9. The molecule has 1 amide bonds. The minimum atomic E-state index is 0.0376. The average molecular weight is 310 g/mol. The van der Waals surface area contributed by atoms with Gasteiger partial charge in [0.25, 0.3) is 5.91 Å². The first-order valence-electron chi connectivity index (χ1n) is 7.80. The quantitative estimate of drug-likeness (QED) is 0.747. The number of hydrogen-bond donors (Lipinski definition) is 0. The third-order valence-electron chi connectivity index (χ3n) is 4.22. The number of benzene rings is 1. The predicted molar refractivity (Wildman–Crippen MR) is 86.5 cm³/mol. The molecule has 2 aromatic heterocycles. The van der Waals surface area contributed by atoms with Gasteiger partial charge in [-0.3, -0.25) is 4.79 Å². The summed E-state index contributed by atoms with van der Waals surface area (Å²) in [6, 6.07) is 13.9. The predicted octanol–water partition coefficient (Wildman–Crippen LogP) is 2.76. The summed E-state index contributed by atoms with van der Waals surface area (Å²) in [6.45, 7) is 3.12. The number of hydrogen-bond acceptors (Lipinski definition) is 3. The van der Waals surface area contributed by atoms with Crippen molar-refractivity contribution in [2.24, 2.45) is 0 Å². The van der Waals surface area contributed by atoms with Crippen molar-refractivity contribution in [1.82, 2.24) is 9.47 Å². The van der Waals surface area contributed by atoms with Crippen molar-refractivity contribution in [2.75, 3.05) is 26.3 Å². The first-order valence-corrected chi connectivity index (χ1v) is 7.80. The molecule has 23 heavy (non-hydrogen) atoms. The molecule has 1 aromatic carbocycles. The number of amides is 1. The maximum absolute atomic E-state index is 12.9. The Morgan fingerprint density at radius 2 is 1.87 bits per heavy atom. The zero-order chi connectivity index (χ0) is 15.6. The first-order chi connectivity index (χ1) is 11.3. The smallest absolute Gasteiger partial charge is 0.270 e. The molecule has 0 saturated carbocycles. The van der Waals surface area contributed by atoms with Gasteiger partial charge < -0.3 is 18.6 Å². The molecular formula is C18H18N2O3. The van der Waals surface area contributed by atoms with E-state index >= 15 is 0 Å². The van der Waals surface area contributed by atoms with Gasteiger partial charge in [-0.1, -0.05) is 30.3 Å². The molecule has 3 heterocycles. The number of ether oxygens (including phenoxy) is 1. The Kier molecular flexibility index (Phi) is 3.63. The number of carbonyl (C=O) groups excluding carboxylic acids is 1. The average Bonchev–Trinajstić information content (AvgIpc) is 3.19. The number of fused-ring (bicyclic) bond motifs is 1. The van der Waals surface area contributed by atoms with E-state index in [0.717, 1.165) is 16.7 Å². The van der Waals surface area contributed by atoms with Crippen LogP contribution < -0.4 is 0 Å². The molecule has 1 aliphatic heterocycles. The first kappa shape index (κ1) is 14.1. The highest BCUT2D eigenvalue weighted by Gasteiger charge is 2.24. The highest BCUT2D eigenvalue weighted by Crippen LogP contribution is 2.24. The fourth-order valence-electron chi connectivity index (χ4n) is 3.02. The van der Waals surface area contributed by atoms with Crippen molar-refractivity contribution in [3.8, 4) is 0 Å². The molecule has 118 valence electrons. The summed E-state index contributed by atoms with van der Waals surface area (Å²) in [7, 11) is 0. The van der Waals surface area contributed by atoms with E-state index < -0.39 is 0 Å². The van der Waals surface area contributed by atoms with E-state index in [1.54, 1.807) is 6.26 Å². The third kappa shape index (κ3) is 2.64. The minimum absolute atomic E-state index is 0.0376. The third-order valence-corrected chi connectivity index (χ3v) is 4.22. The SMILES string of the molecule is O=C(c1cc2occc2n1Cc1ccccc1)N1CCOCC1. The second-order valence-corrected chi connectivity index (χ2v) is 5.68. The van der Waals surface area contributed by atoms with E-state index in [1.807, 2.05) is 39.8 Å². The highest BCUT2D eigenvalue weighted by atomic mass is 16.5. The summed E-state index contributed by atoms with van der Waals surface area (Å²) in [4.78, 5) is 14.7. The van der Waals surface area contributed by atoms with Gasteiger partial charge in [0.05, 0.1) is 25.0 Å². The standard InChI is InChI=1S/C18H18N2O3/c21-18(19-7-10-22-11-8-19)16-12-17-15(6-9-23-17)20(16)13-14-4-2-1-3-5-14/h1-6,9,12H,7-8,10-11,13H2. The lowest BCUT2D eigenvalue weighted by Gasteiger charge is -2.27. The van der Waals surface area contributed by atoms with Crippen molar-refractivity contribution in [3.63, 3.8) is 0 Å². The molecule has 5 nitrogen and oxygen atoms in total. The fraction of sp³-hybridized carbons (Fsp3) is 0.278. The van der Waals surface area contributed by atoms with Crippen molar-refractivity contribution < 1.29 is 13.9 Å². The summed E-state index contributed by atoms with van der Waals surface area (Å²) in [5.41, 5.74) is 3.52. The number of morpholine rings is 1. The lowest BCUT2D eigenvalue weighted by Crippen LogP contribution is -2.41. The number of carbonyl (C=O) groups is 1. The zero-order valence-corrected chi connectivity index (χ0v) is 12.8. The second-order valence-electron chi connectivity index (χ2n) is 5.68. The Morgan fingerprint density at radius 1 is 1.09 bits per heavy atom. The Labute approximate surface area is 134 Å². The second kappa shape index (κ2) is 5.93. The van der Waals surface area contributed by atoms with Crippen LogP contribution in [0.1, 0.15) is 16.1 Å². The Bertz CT molecular complexity index is 813. The van der Waals surface area contributed by atoms with Gasteiger partial charge in [0, 0.05) is 31.8 Å². The van der Waals surface area contributed by atoms with Gasteiger partial charge in [-0.2, -0.15) is 0 Å². The summed E-state index contributed by atoms with van der Waals surface area (Å²) in [6.07, 6.45) is 1.66. The molecule has 0 spiro atoms. The lowest BCUT2D eigenvalue weighted by atomic mass is 10.2. The number of rotatable bonds is 3. The summed E-state index contributed by atoms with van der Waals surface area (Å²) < 4.78 is 12.9. The van der Waals surface area contributed by atoms with Crippen molar-refractivity contribution in [2.45, 2.75) is 6.54 Å². The molecule has 1 fully saturated rings. The van der Waals surface area contributed by atoms with Crippen LogP contribution in [0.15, 0.2) is 53.1 Å². The van der Waals surface area contributed by atoms with E-state index in [9.17, 15) is 4.79 Å². The van der Waals surface area contributed by atoms with Gasteiger partial charge in [-0.15, -0.1) is 0 Å². The van der Waals surface area contributed by atoms with Crippen LogP contribution >= 0.6 is 0 Å². The van der Waals surface area contributed by atoms with Gasteiger partial charge in [-0.25, -0.2) is 0 Å². The lowest BCUT2D eigenvalue weighted by molar-refractivity contribution is 0.0296. The molecule has 0 aliphatic carbocycles. The molecule has 0 bridgehead atoms. The van der Waals surface area contributed by atoms with Crippen molar-refractivity contribution in [3.05, 3.63) is 60.0 Å². The largest absolute Gasteiger partial charge is 0.463 e. The maximum Gasteiger partial charge on any atom is 0.270 e.